The molecule has 1 saturated heterocycles. The predicted molar refractivity (Wildman–Crippen MR) is 99.2 cm³/mol. The summed E-state index contributed by atoms with van der Waals surface area (Å²) in [5, 5.41) is 6.71. The summed E-state index contributed by atoms with van der Waals surface area (Å²) in [6, 6.07) is 10.8. The van der Waals surface area contributed by atoms with E-state index in [1.807, 2.05) is 11.0 Å². The third-order valence-corrected chi connectivity index (χ3v) is 4.56. The summed E-state index contributed by atoms with van der Waals surface area (Å²) in [7, 11) is 1.79. The molecule has 1 aliphatic heterocycles. The highest BCUT2D eigenvalue weighted by Gasteiger charge is 2.26. The predicted octanol–water partition coefficient (Wildman–Crippen LogP) is 2.19. The highest BCUT2D eigenvalue weighted by Crippen LogP contribution is 2.17. The van der Waals surface area contributed by atoms with Gasteiger partial charge in [0.2, 0.25) is 5.91 Å². The van der Waals surface area contributed by atoms with Crippen LogP contribution in [0.1, 0.15) is 38.2 Å². The number of guanidine groups is 1. The fourth-order valence-electron chi connectivity index (χ4n) is 3.18. The lowest BCUT2D eigenvalue weighted by Crippen LogP contribution is -2.42. The van der Waals surface area contributed by atoms with Gasteiger partial charge >= 0.3 is 0 Å². The Morgan fingerprint density at radius 2 is 2.00 bits per heavy atom. The van der Waals surface area contributed by atoms with E-state index in [9.17, 15) is 4.79 Å². The third kappa shape index (κ3) is 5.55. The number of nitrogens with zero attached hydrogens (tertiary/aromatic N) is 2. The van der Waals surface area contributed by atoms with Crippen molar-refractivity contribution < 1.29 is 4.79 Å². The van der Waals surface area contributed by atoms with Crippen molar-refractivity contribution in [3.63, 3.8) is 0 Å². The van der Waals surface area contributed by atoms with E-state index in [-0.39, 0.29) is 0 Å². The number of benzene rings is 1. The van der Waals surface area contributed by atoms with Crippen LogP contribution in [0.25, 0.3) is 0 Å². The third-order valence-electron chi connectivity index (χ3n) is 4.56. The lowest BCUT2D eigenvalue weighted by molar-refractivity contribution is -0.129. The van der Waals surface area contributed by atoms with Gasteiger partial charge in [-0.25, -0.2) is 0 Å². The van der Waals surface area contributed by atoms with Gasteiger partial charge in [0.05, 0.1) is 0 Å². The summed E-state index contributed by atoms with van der Waals surface area (Å²) < 4.78 is 0. The monoisotopic (exact) mass is 330 g/mol. The Balaban J connectivity index is 1.68. The fraction of sp³-hybridized carbons (Fsp3) is 0.579. The fourth-order valence-corrected chi connectivity index (χ4v) is 3.18. The van der Waals surface area contributed by atoms with Crippen LogP contribution in [0.2, 0.25) is 0 Å². The van der Waals surface area contributed by atoms with Crippen molar-refractivity contribution in [3.8, 4) is 0 Å². The summed E-state index contributed by atoms with van der Waals surface area (Å²) in [5.74, 6) is 1.14. The Morgan fingerprint density at radius 3 is 2.62 bits per heavy atom. The van der Waals surface area contributed by atoms with Gasteiger partial charge in [-0.2, -0.15) is 0 Å². The molecule has 1 unspecified atom stereocenters. The van der Waals surface area contributed by atoms with Gasteiger partial charge in [0.1, 0.15) is 0 Å². The van der Waals surface area contributed by atoms with Gasteiger partial charge in [0.15, 0.2) is 5.96 Å². The summed E-state index contributed by atoms with van der Waals surface area (Å²) in [6.07, 6.45) is 4.66. The first-order valence-electron chi connectivity index (χ1n) is 9.02. The molecule has 5 heteroatoms. The number of nitrogens with one attached hydrogen (secondary N) is 2. The van der Waals surface area contributed by atoms with Crippen LogP contribution < -0.4 is 10.6 Å². The van der Waals surface area contributed by atoms with Gasteiger partial charge in [-0.05, 0) is 31.2 Å². The van der Waals surface area contributed by atoms with Gasteiger partial charge in [0, 0.05) is 39.1 Å². The SMILES string of the molecule is CCC(CCNC(=NC)NCCc1ccccc1)N1CCCC1=O. The average molecular weight is 330 g/mol. The zero-order valence-corrected chi connectivity index (χ0v) is 14.9. The Labute approximate surface area is 145 Å². The second-order valence-corrected chi connectivity index (χ2v) is 6.20. The van der Waals surface area contributed by atoms with E-state index in [0.29, 0.717) is 18.4 Å². The summed E-state index contributed by atoms with van der Waals surface area (Å²) in [4.78, 5) is 18.2. The van der Waals surface area contributed by atoms with Crippen LogP contribution in [0.3, 0.4) is 0 Å². The number of likely N-dealkylation sites (tertiary alicyclic amines) is 1. The van der Waals surface area contributed by atoms with Crippen molar-refractivity contribution in [2.45, 2.75) is 45.1 Å². The number of hydrogen-bond acceptors (Lipinski definition) is 2. The quantitative estimate of drug-likeness (QED) is 0.567. The molecule has 1 heterocycles. The van der Waals surface area contributed by atoms with Crippen molar-refractivity contribution in [2.75, 3.05) is 26.7 Å². The highest BCUT2D eigenvalue weighted by atomic mass is 16.2. The number of amides is 1. The molecule has 0 radical (unpaired) electrons. The molecule has 2 rings (SSSR count). The molecule has 5 nitrogen and oxygen atoms in total. The van der Waals surface area contributed by atoms with Crippen LogP contribution in [0.15, 0.2) is 35.3 Å². The molecular formula is C19H30N4O. The van der Waals surface area contributed by atoms with Crippen LogP contribution in [0.4, 0.5) is 0 Å². The molecular weight excluding hydrogens is 300 g/mol. The van der Waals surface area contributed by atoms with E-state index < -0.39 is 0 Å². The molecule has 1 aliphatic rings. The van der Waals surface area contributed by atoms with Crippen molar-refractivity contribution in [3.05, 3.63) is 35.9 Å². The molecule has 1 aromatic carbocycles. The lowest BCUT2D eigenvalue weighted by Gasteiger charge is -2.27. The summed E-state index contributed by atoms with van der Waals surface area (Å²) in [5.41, 5.74) is 1.32. The first-order valence-corrected chi connectivity index (χ1v) is 9.02. The normalized spacial score (nSPS) is 16.3. The molecule has 0 spiro atoms. The standard InChI is InChI=1S/C19H30N4O/c1-3-17(23-15-7-10-18(23)24)12-14-22-19(20-2)21-13-11-16-8-5-4-6-9-16/h4-6,8-9,17H,3,7,10-15H2,1-2H3,(H2,20,21,22). The molecule has 1 aromatic rings. The minimum Gasteiger partial charge on any atom is -0.356 e. The highest BCUT2D eigenvalue weighted by molar-refractivity contribution is 5.79. The molecule has 0 saturated carbocycles. The van der Waals surface area contributed by atoms with Gasteiger partial charge in [-0.1, -0.05) is 37.3 Å². The number of rotatable bonds is 8. The average Bonchev–Trinajstić information content (AvgIpc) is 3.04. The smallest absolute Gasteiger partial charge is 0.222 e. The molecule has 0 bridgehead atoms. The minimum atomic E-state index is 0.312. The zero-order valence-electron chi connectivity index (χ0n) is 14.9. The molecule has 1 fully saturated rings. The molecule has 2 N–H and O–H groups in total. The molecule has 0 aromatic heterocycles. The van der Waals surface area contributed by atoms with Crippen molar-refractivity contribution in [2.24, 2.45) is 4.99 Å². The van der Waals surface area contributed by atoms with Crippen molar-refractivity contribution >= 4 is 11.9 Å². The van der Waals surface area contributed by atoms with Crippen molar-refractivity contribution in [1.82, 2.24) is 15.5 Å². The second-order valence-electron chi connectivity index (χ2n) is 6.20. The van der Waals surface area contributed by atoms with Crippen LogP contribution in [-0.4, -0.2) is 49.5 Å². The van der Waals surface area contributed by atoms with Crippen LogP contribution >= 0.6 is 0 Å². The van der Waals surface area contributed by atoms with Gasteiger partial charge in [-0.15, -0.1) is 0 Å². The van der Waals surface area contributed by atoms with Crippen molar-refractivity contribution in [1.29, 1.82) is 0 Å². The van der Waals surface area contributed by atoms with Crippen LogP contribution in [0.5, 0.6) is 0 Å². The maximum Gasteiger partial charge on any atom is 0.222 e. The maximum atomic E-state index is 11.9. The lowest BCUT2D eigenvalue weighted by atomic mass is 10.1. The van der Waals surface area contributed by atoms with E-state index in [0.717, 1.165) is 51.3 Å². The molecule has 0 aliphatic carbocycles. The van der Waals surface area contributed by atoms with Gasteiger partial charge in [-0.3, -0.25) is 9.79 Å². The Kier molecular flexibility index (Phi) is 7.59. The Morgan fingerprint density at radius 1 is 1.25 bits per heavy atom. The first-order chi connectivity index (χ1) is 11.7. The Hall–Kier alpha value is -2.04. The minimum absolute atomic E-state index is 0.312. The molecule has 1 atom stereocenters. The van der Waals surface area contributed by atoms with Gasteiger partial charge < -0.3 is 15.5 Å². The molecule has 24 heavy (non-hydrogen) atoms. The first kappa shape index (κ1) is 18.3. The van der Waals surface area contributed by atoms with E-state index >= 15 is 0 Å². The summed E-state index contributed by atoms with van der Waals surface area (Å²) in [6.45, 7) is 4.75. The van der Waals surface area contributed by atoms with E-state index in [1.54, 1.807) is 7.05 Å². The largest absolute Gasteiger partial charge is 0.356 e. The number of aliphatic imine (C=N–C) groups is 1. The Bertz CT molecular complexity index is 529. The van der Waals surface area contributed by atoms with E-state index in [2.05, 4.69) is 46.8 Å². The maximum absolute atomic E-state index is 11.9. The van der Waals surface area contributed by atoms with E-state index in [4.69, 9.17) is 0 Å². The van der Waals surface area contributed by atoms with Gasteiger partial charge in [0.25, 0.3) is 0 Å². The number of carbonyl (C=O) groups is 1. The summed E-state index contributed by atoms with van der Waals surface area (Å²) >= 11 is 0. The van der Waals surface area contributed by atoms with Crippen LogP contribution in [-0.2, 0) is 11.2 Å². The van der Waals surface area contributed by atoms with Crippen LogP contribution in [0, 0.1) is 0 Å². The topological polar surface area (TPSA) is 56.7 Å². The zero-order chi connectivity index (χ0) is 17.2. The number of carbonyl (C=O) groups excluding carboxylic acids is 1. The van der Waals surface area contributed by atoms with E-state index in [1.165, 1.54) is 5.56 Å². The second kappa shape index (κ2) is 9.96. The molecule has 1 amide bonds. The molecule has 132 valence electrons. The number of hydrogen-bond donors (Lipinski definition) is 2.